The molecular formula is C14H26MnN6O8S2+2. The topological polar surface area (TPSA) is 281 Å². The zero-order valence-corrected chi connectivity index (χ0v) is 19.8. The molecule has 0 amide bonds. The van der Waals surface area contributed by atoms with E-state index in [1.807, 2.05) is 0 Å². The molecule has 0 spiro atoms. The Hall–Kier alpha value is -2.68. The van der Waals surface area contributed by atoms with Crippen molar-refractivity contribution in [1.82, 2.24) is 0 Å². The van der Waals surface area contributed by atoms with Gasteiger partial charge in [-0.1, -0.05) is 24.4 Å². The first-order valence-corrected chi connectivity index (χ1v) is 7.50. The van der Waals surface area contributed by atoms with Crippen molar-refractivity contribution in [3.63, 3.8) is 0 Å². The number of nitrogens with zero attached hydrogens (tertiary/aromatic N) is 6. The van der Waals surface area contributed by atoms with Gasteiger partial charge in [-0.2, -0.15) is 29.2 Å². The first kappa shape index (κ1) is 46.5. The number of hydrogen-bond acceptors (Lipinski definition) is 6. The van der Waals surface area contributed by atoms with Gasteiger partial charge in [-0.25, -0.2) is 0 Å². The van der Waals surface area contributed by atoms with Crippen molar-refractivity contribution in [2.45, 2.75) is 27.7 Å². The molecule has 0 aliphatic rings. The second-order valence-electron chi connectivity index (χ2n) is 4.42. The Kier molecular flexibility index (Phi) is 38.0. The maximum absolute atomic E-state index is 10.8. The standard InChI is InChI=1S/2C6H8N2O2.2CNS.Mn.4H2O/c2*1-5-6(2)8(10)4-3-7(5)9;2*2-1-3;;;;;/h2*3-4H,1-2H3;;;;4*1H2/q;;2*-1;+2;;;;/p+2. The van der Waals surface area contributed by atoms with E-state index in [-0.39, 0.29) is 39.0 Å². The summed E-state index contributed by atoms with van der Waals surface area (Å²) < 4.78 is 2.68. The van der Waals surface area contributed by atoms with Crippen molar-refractivity contribution in [3.05, 3.63) is 79.2 Å². The van der Waals surface area contributed by atoms with Crippen LogP contribution in [0.4, 0.5) is 0 Å². The van der Waals surface area contributed by atoms with E-state index < -0.39 is 0 Å². The van der Waals surface area contributed by atoms with Gasteiger partial charge in [-0.05, 0) is 0 Å². The molecule has 0 aromatic carbocycles. The van der Waals surface area contributed by atoms with Crippen LogP contribution in [-0.2, 0) is 28.0 Å². The average Bonchev–Trinajstić information content (AvgIpc) is 2.60. The summed E-state index contributed by atoms with van der Waals surface area (Å²) in [5.74, 6) is 0. The maximum Gasteiger partial charge on any atom is 2.00 e. The van der Waals surface area contributed by atoms with E-state index in [9.17, 15) is 20.8 Å². The van der Waals surface area contributed by atoms with E-state index in [4.69, 9.17) is 10.8 Å². The van der Waals surface area contributed by atoms with E-state index in [0.29, 0.717) is 41.7 Å². The van der Waals surface area contributed by atoms with Crippen LogP contribution < -0.4 is 18.9 Å². The fourth-order valence-corrected chi connectivity index (χ4v) is 1.33. The zero-order chi connectivity index (χ0) is 20.9. The van der Waals surface area contributed by atoms with Crippen LogP contribution in [0.3, 0.4) is 0 Å². The number of aromatic nitrogens is 4. The normalized spacial score (nSPS) is 6.84. The average molecular weight is 525 g/mol. The Bertz CT molecular complexity index is 698. The molecule has 0 atom stereocenters. The molecule has 177 valence electrons. The van der Waals surface area contributed by atoms with Crippen molar-refractivity contribution in [3.8, 4) is 0 Å². The van der Waals surface area contributed by atoms with Crippen molar-refractivity contribution >= 4 is 34.8 Å². The smallest absolute Gasteiger partial charge is 0.753 e. The summed E-state index contributed by atoms with van der Waals surface area (Å²) in [6.45, 7) is 6.43. The quantitative estimate of drug-likeness (QED) is 0.0859. The van der Waals surface area contributed by atoms with Crippen molar-refractivity contribution < 1.29 is 57.9 Å². The first-order chi connectivity index (χ1) is 12.1. The Balaban J connectivity index is -0.0000000526. The second-order valence-corrected chi connectivity index (χ2v) is 4.79. The molecule has 0 fully saturated rings. The number of rotatable bonds is 0. The third-order valence-electron chi connectivity index (χ3n) is 3.04. The van der Waals surface area contributed by atoms with Gasteiger partial charge in [-0.3, -0.25) is 0 Å². The van der Waals surface area contributed by atoms with Crippen molar-refractivity contribution in [1.29, 1.82) is 0 Å². The Morgan fingerprint density at radius 2 is 0.710 bits per heavy atom. The van der Waals surface area contributed by atoms with Gasteiger partial charge in [0.05, 0.1) is 0 Å². The number of isothiocyanates is 2. The maximum atomic E-state index is 10.8. The second kappa shape index (κ2) is 25.4. The summed E-state index contributed by atoms with van der Waals surface area (Å²) in [5, 5.41) is 60.0. The SMILES string of the molecule is Cc1c(C)[n+]([O-])cc[n+]1[O-].Cc1c(C)[n+]([O-])cc[n+]1[O-].O.O.[Mn+2].[N-]=C=S.[N-]=C=S.[OH3+].[OH3+]. The van der Waals surface area contributed by atoms with E-state index in [1.54, 1.807) is 27.7 Å². The largest absolute Gasteiger partial charge is 2.00 e. The molecule has 0 saturated heterocycles. The summed E-state index contributed by atoms with van der Waals surface area (Å²) in [7, 11) is 0. The van der Waals surface area contributed by atoms with Crippen LogP contribution in [-0.4, -0.2) is 21.3 Å². The van der Waals surface area contributed by atoms with Gasteiger partial charge in [0.25, 0.3) is 22.8 Å². The molecule has 31 heavy (non-hydrogen) atoms. The molecule has 2 rings (SSSR count). The van der Waals surface area contributed by atoms with Crippen molar-refractivity contribution in [2.75, 3.05) is 0 Å². The molecule has 17 heteroatoms. The van der Waals surface area contributed by atoms with E-state index in [2.05, 4.69) is 24.4 Å². The predicted octanol–water partition coefficient (Wildman–Crippen LogP) is -3.04. The van der Waals surface area contributed by atoms with Gasteiger partial charge in [0.15, 0.2) is 0 Å². The first-order valence-electron chi connectivity index (χ1n) is 6.68. The van der Waals surface area contributed by atoms with Crippen molar-refractivity contribution in [2.24, 2.45) is 0 Å². The van der Waals surface area contributed by atoms with Gasteiger partial charge in [0.1, 0.15) is 0 Å². The predicted molar refractivity (Wildman–Crippen MR) is 117 cm³/mol. The molecule has 14 nitrogen and oxygen atoms in total. The van der Waals surface area contributed by atoms with Crippen LogP contribution in [0.1, 0.15) is 22.8 Å². The summed E-state index contributed by atoms with van der Waals surface area (Å²) in [6, 6.07) is 0. The van der Waals surface area contributed by atoms with Gasteiger partial charge >= 0.3 is 17.1 Å². The molecule has 0 unspecified atom stereocenters. The van der Waals surface area contributed by atoms with Crippen LogP contribution in [0.2, 0.25) is 0 Å². The molecule has 0 saturated carbocycles. The summed E-state index contributed by atoms with van der Waals surface area (Å²) in [4.78, 5) is 0. The monoisotopic (exact) mass is 525 g/mol. The third-order valence-corrected chi connectivity index (χ3v) is 3.04. The van der Waals surface area contributed by atoms with Crippen LogP contribution in [0.5, 0.6) is 0 Å². The van der Waals surface area contributed by atoms with Gasteiger partial charge in [0, 0.05) is 27.7 Å². The summed E-state index contributed by atoms with van der Waals surface area (Å²) in [5.41, 5.74) is 1.77. The van der Waals surface area contributed by atoms with Crippen LogP contribution in [0, 0.1) is 48.5 Å². The van der Waals surface area contributed by atoms with Crippen LogP contribution in [0.25, 0.3) is 10.8 Å². The number of thiocarbonyl (C=S) groups is 2. The zero-order valence-electron chi connectivity index (χ0n) is 17.0. The summed E-state index contributed by atoms with van der Waals surface area (Å²) >= 11 is 7.40. The summed E-state index contributed by atoms with van der Waals surface area (Å²) in [6.07, 6.45) is 4.76. The fraction of sp³-hybridized carbons (Fsp3) is 0.286. The Morgan fingerprint density at radius 1 is 0.613 bits per heavy atom. The Morgan fingerprint density at radius 3 is 0.806 bits per heavy atom. The third kappa shape index (κ3) is 17.9. The van der Waals surface area contributed by atoms with Gasteiger partial charge in [-0.15, -0.1) is 0 Å². The minimum absolute atomic E-state index is 0. The van der Waals surface area contributed by atoms with E-state index in [1.165, 1.54) is 35.1 Å². The Labute approximate surface area is 199 Å². The molecule has 0 aliphatic carbocycles. The molecule has 2 aromatic rings. The minimum Gasteiger partial charge on any atom is -0.753 e. The molecule has 2 heterocycles. The molecule has 10 N–H and O–H groups in total. The fourth-order valence-electron chi connectivity index (χ4n) is 1.33. The van der Waals surface area contributed by atoms with Crippen LogP contribution >= 0.6 is 24.4 Å². The molecule has 1 radical (unpaired) electrons. The van der Waals surface area contributed by atoms with E-state index in [0.717, 1.165) is 0 Å². The van der Waals surface area contributed by atoms with Crippen LogP contribution in [0.15, 0.2) is 24.8 Å². The minimum atomic E-state index is 0. The number of hydrogen-bond donors (Lipinski definition) is 0. The molecule has 2 aromatic heterocycles. The van der Waals surface area contributed by atoms with Gasteiger partial charge < -0.3 is 53.6 Å². The van der Waals surface area contributed by atoms with E-state index >= 15 is 0 Å². The molecule has 0 aliphatic heterocycles. The molecular weight excluding hydrogens is 499 g/mol. The molecule has 0 bridgehead atoms. The van der Waals surface area contributed by atoms with Gasteiger partial charge in [0.2, 0.25) is 24.8 Å².